The Labute approximate surface area is 237 Å². The molecule has 1 atom stereocenters. The second-order valence-corrected chi connectivity index (χ2v) is 9.31. The first-order valence-electron chi connectivity index (χ1n) is 12.5. The number of hydrogen-bond acceptors (Lipinski definition) is 8. The van der Waals surface area contributed by atoms with Crippen LogP contribution in [0, 0.1) is 27.2 Å². The Morgan fingerprint density at radius 1 is 0.905 bits per heavy atom. The fourth-order valence-electron chi connectivity index (χ4n) is 4.25. The second-order valence-electron chi connectivity index (χ2n) is 9.31. The van der Waals surface area contributed by atoms with Gasteiger partial charge in [-0.15, -0.1) is 0 Å². The smallest absolute Gasteiger partial charge is 0.277 e. The SMILES string of the molecule is Cc1cc(=O)[nH]c2cc(NC(=O)[C@H](Cc3ccccc3)NC(=O)CNC(=O)c3cc([N+](=O)[O-])cc([N+](=O)[O-])c3)ccc12. The van der Waals surface area contributed by atoms with Gasteiger partial charge in [0.2, 0.25) is 17.4 Å². The van der Waals surface area contributed by atoms with Crippen molar-refractivity contribution in [3.63, 3.8) is 0 Å². The number of carbonyl (C=O) groups excluding carboxylic acids is 3. The highest BCUT2D eigenvalue weighted by Crippen LogP contribution is 2.23. The van der Waals surface area contributed by atoms with E-state index in [1.165, 1.54) is 6.07 Å². The molecule has 0 bridgehead atoms. The van der Waals surface area contributed by atoms with Crippen LogP contribution in [-0.4, -0.2) is 45.1 Å². The van der Waals surface area contributed by atoms with Gasteiger partial charge in [-0.2, -0.15) is 0 Å². The van der Waals surface area contributed by atoms with Crippen LogP contribution in [0.15, 0.2) is 77.6 Å². The summed E-state index contributed by atoms with van der Waals surface area (Å²) in [6, 6.07) is 16.7. The van der Waals surface area contributed by atoms with Gasteiger partial charge in [0.25, 0.3) is 17.3 Å². The summed E-state index contributed by atoms with van der Waals surface area (Å²) in [7, 11) is 0. The third-order valence-corrected chi connectivity index (χ3v) is 6.25. The number of hydrogen-bond donors (Lipinski definition) is 4. The number of rotatable bonds is 10. The minimum absolute atomic E-state index is 0.104. The Balaban J connectivity index is 1.48. The maximum atomic E-state index is 13.3. The summed E-state index contributed by atoms with van der Waals surface area (Å²) in [5.41, 5.74) is 0.406. The highest BCUT2D eigenvalue weighted by molar-refractivity contribution is 6.00. The highest BCUT2D eigenvalue weighted by Gasteiger charge is 2.23. The molecule has 0 radical (unpaired) electrons. The van der Waals surface area contributed by atoms with E-state index in [2.05, 4.69) is 20.9 Å². The van der Waals surface area contributed by atoms with Gasteiger partial charge in [0.05, 0.1) is 33.5 Å². The van der Waals surface area contributed by atoms with Crippen molar-refractivity contribution in [3.05, 3.63) is 120 Å². The van der Waals surface area contributed by atoms with E-state index in [0.717, 1.165) is 28.6 Å². The molecule has 214 valence electrons. The van der Waals surface area contributed by atoms with Gasteiger partial charge in [-0.25, -0.2) is 0 Å². The first-order chi connectivity index (χ1) is 20.0. The molecule has 4 aromatic rings. The van der Waals surface area contributed by atoms with Crippen LogP contribution in [0.5, 0.6) is 0 Å². The summed E-state index contributed by atoms with van der Waals surface area (Å²) >= 11 is 0. The molecular formula is C28H24N6O8. The predicted octanol–water partition coefficient (Wildman–Crippen LogP) is 2.75. The Bertz CT molecular complexity index is 1740. The van der Waals surface area contributed by atoms with Crippen LogP contribution in [-0.2, 0) is 16.0 Å². The highest BCUT2D eigenvalue weighted by atomic mass is 16.6. The molecule has 0 saturated heterocycles. The lowest BCUT2D eigenvalue weighted by Crippen LogP contribution is -2.48. The van der Waals surface area contributed by atoms with Crippen LogP contribution in [0.3, 0.4) is 0 Å². The zero-order valence-electron chi connectivity index (χ0n) is 22.1. The summed E-state index contributed by atoms with van der Waals surface area (Å²) in [5.74, 6) is -2.28. The largest absolute Gasteiger partial charge is 0.343 e. The quantitative estimate of drug-likeness (QED) is 0.164. The van der Waals surface area contributed by atoms with Gasteiger partial charge >= 0.3 is 0 Å². The van der Waals surface area contributed by atoms with Gasteiger partial charge in [-0.3, -0.25) is 39.4 Å². The van der Waals surface area contributed by atoms with Gasteiger partial charge in [-0.1, -0.05) is 36.4 Å². The molecule has 42 heavy (non-hydrogen) atoms. The van der Waals surface area contributed by atoms with Crippen molar-refractivity contribution in [1.29, 1.82) is 0 Å². The lowest BCUT2D eigenvalue weighted by Gasteiger charge is -2.19. The van der Waals surface area contributed by atoms with Crippen LogP contribution >= 0.6 is 0 Å². The third kappa shape index (κ3) is 7.18. The number of nitrogens with zero attached hydrogens (tertiary/aromatic N) is 2. The van der Waals surface area contributed by atoms with E-state index < -0.39 is 51.5 Å². The molecule has 0 saturated carbocycles. The van der Waals surface area contributed by atoms with Crippen LogP contribution in [0.1, 0.15) is 21.5 Å². The number of H-pyrrole nitrogens is 1. The number of benzene rings is 3. The number of aromatic nitrogens is 1. The number of aryl methyl sites for hydroxylation is 1. The molecule has 0 aliphatic heterocycles. The predicted molar refractivity (Wildman–Crippen MR) is 152 cm³/mol. The van der Waals surface area contributed by atoms with Gasteiger partial charge in [0.15, 0.2) is 0 Å². The molecule has 1 aromatic heterocycles. The molecule has 0 fully saturated rings. The number of nitrogens with one attached hydrogen (secondary N) is 4. The molecule has 4 rings (SSSR count). The second kappa shape index (κ2) is 12.5. The molecule has 3 amide bonds. The maximum Gasteiger partial charge on any atom is 0.277 e. The van der Waals surface area contributed by atoms with E-state index in [0.29, 0.717) is 17.3 Å². The number of nitro benzene ring substituents is 2. The topological polar surface area (TPSA) is 206 Å². The van der Waals surface area contributed by atoms with Gasteiger partial charge in [0.1, 0.15) is 6.04 Å². The number of aromatic amines is 1. The van der Waals surface area contributed by atoms with Gasteiger partial charge in [0, 0.05) is 35.7 Å². The fraction of sp³-hybridized carbons (Fsp3) is 0.143. The number of amides is 3. The summed E-state index contributed by atoms with van der Waals surface area (Å²) in [6.45, 7) is 1.17. The van der Waals surface area contributed by atoms with Crippen molar-refractivity contribution in [1.82, 2.24) is 15.6 Å². The van der Waals surface area contributed by atoms with Crippen molar-refractivity contribution < 1.29 is 24.2 Å². The minimum atomic E-state index is -1.08. The van der Waals surface area contributed by atoms with Crippen LogP contribution in [0.4, 0.5) is 17.1 Å². The summed E-state index contributed by atoms with van der Waals surface area (Å²) in [4.78, 5) is 73.7. The lowest BCUT2D eigenvalue weighted by molar-refractivity contribution is -0.394. The zero-order valence-corrected chi connectivity index (χ0v) is 22.1. The van der Waals surface area contributed by atoms with Crippen molar-refractivity contribution in [2.24, 2.45) is 0 Å². The Morgan fingerprint density at radius 2 is 1.57 bits per heavy atom. The Morgan fingerprint density at radius 3 is 2.21 bits per heavy atom. The summed E-state index contributed by atoms with van der Waals surface area (Å²) in [5, 5.41) is 30.6. The van der Waals surface area contributed by atoms with E-state index in [1.807, 2.05) is 0 Å². The zero-order chi connectivity index (χ0) is 30.4. The molecule has 14 nitrogen and oxygen atoms in total. The van der Waals surface area contributed by atoms with E-state index in [-0.39, 0.29) is 17.5 Å². The van der Waals surface area contributed by atoms with E-state index in [4.69, 9.17) is 0 Å². The van der Waals surface area contributed by atoms with Crippen LogP contribution in [0.2, 0.25) is 0 Å². The van der Waals surface area contributed by atoms with Gasteiger partial charge < -0.3 is 20.9 Å². The van der Waals surface area contributed by atoms with Crippen LogP contribution in [0.25, 0.3) is 10.9 Å². The molecule has 14 heteroatoms. The molecule has 0 aliphatic carbocycles. The van der Waals surface area contributed by atoms with Crippen molar-refractivity contribution in [2.75, 3.05) is 11.9 Å². The first kappa shape index (κ1) is 29.1. The molecule has 1 heterocycles. The van der Waals surface area contributed by atoms with E-state index in [9.17, 15) is 39.4 Å². The van der Waals surface area contributed by atoms with E-state index >= 15 is 0 Å². The summed E-state index contributed by atoms with van der Waals surface area (Å²) in [6.07, 6.45) is 0.104. The molecule has 0 aliphatic rings. The molecule has 4 N–H and O–H groups in total. The molecule has 0 unspecified atom stereocenters. The monoisotopic (exact) mass is 572 g/mol. The number of nitro groups is 2. The van der Waals surface area contributed by atoms with E-state index in [1.54, 1.807) is 55.5 Å². The molecule has 3 aromatic carbocycles. The Hall–Kier alpha value is -5.92. The van der Waals surface area contributed by atoms with Crippen molar-refractivity contribution in [2.45, 2.75) is 19.4 Å². The fourth-order valence-corrected chi connectivity index (χ4v) is 4.25. The average Bonchev–Trinajstić information content (AvgIpc) is 2.95. The average molecular weight is 573 g/mol. The number of anilines is 1. The lowest BCUT2D eigenvalue weighted by atomic mass is 10.0. The number of fused-ring (bicyclic) bond motifs is 1. The third-order valence-electron chi connectivity index (χ3n) is 6.25. The number of pyridine rings is 1. The Kier molecular flexibility index (Phi) is 8.66. The van der Waals surface area contributed by atoms with Crippen molar-refractivity contribution >= 4 is 45.7 Å². The van der Waals surface area contributed by atoms with Crippen molar-refractivity contribution in [3.8, 4) is 0 Å². The normalized spacial score (nSPS) is 11.4. The molecule has 0 spiro atoms. The first-order valence-corrected chi connectivity index (χ1v) is 12.5. The number of non-ortho nitro benzene ring substituents is 2. The summed E-state index contributed by atoms with van der Waals surface area (Å²) < 4.78 is 0. The number of carbonyl (C=O) groups is 3. The van der Waals surface area contributed by atoms with Crippen LogP contribution < -0.4 is 21.5 Å². The standard InChI is InChI=1S/C28H24N6O8/c1-16-9-25(35)31-23-13-19(7-8-22(16)23)30-28(38)24(10-17-5-3-2-4-6-17)32-26(36)15-29-27(37)18-11-20(33(39)40)14-21(12-18)34(41)42/h2-9,11-14,24H,10,15H2,1H3,(H,29,37)(H,30,38)(H,31,35)(H,32,36)/t24-/m0/s1. The molecular weight excluding hydrogens is 548 g/mol. The minimum Gasteiger partial charge on any atom is -0.343 e. The maximum absolute atomic E-state index is 13.3. The van der Waals surface area contributed by atoms with Gasteiger partial charge in [-0.05, 0) is 30.2 Å².